The summed E-state index contributed by atoms with van der Waals surface area (Å²) >= 11 is 1.59. The van der Waals surface area contributed by atoms with Crippen LogP contribution in [0.3, 0.4) is 0 Å². The standard InChI is InChI=1S/C13H17N5OS/c1-19-12-5-3-2-4-10(12)11(14)8-20-13-15-16-17-18(13)9-6-7-9/h2-5,9,11H,6-8,14H2,1H3. The summed E-state index contributed by atoms with van der Waals surface area (Å²) in [5.41, 5.74) is 7.26. The number of ether oxygens (including phenoxy) is 1. The van der Waals surface area contributed by atoms with Crippen molar-refractivity contribution < 1.29 is 4.74 Å². The minimum Gasteiger partial charge on any atom is -0.496 e. The maximum Gasteiger partial charge on any atom is 0.209 e. The first-order valence-electron chi connectivity index (χ1n) is 6.58. The monoisotopic (exact) mass is 291 g/mol. The number of para-hydroxylation sites is 1. The van der Waals surface area contributed by atoms with Gasteiger partial charge in [0.05, 0.1) is 13.2 Å². The Morgan fingerprint density at radius 1 is 1.45 bits per heavy atom. The molecule has 1 aromatic carbocycles. The first-order valence-corrected chi connectivity index (χ1v) is 7.57. The number of nitrogens with zero attached hydrogens (tertiary/aromatic N) is 4. The molecule has 0 bridgehead atoms. The third-order valence-electron chi connectivity index (χ3n) is 3.29. The average Bonchev–Trinajstić information content (AvgIpc) is 3.23. The number of aromatic nitrogens is 4. The zero-order chi connectivity index (χ0) is 13.9. The number of nitrogens with two attached hydrogens (primary N) is 1. The van der Waals surface area contributed by atoms with Crippen molar-refractivity contribution >= 4 is 11.8 Å². The van der Waals surface area contributed by atoms with Crippen LogP contribution in [0, 0.1) is 0 Å². The highest BCUT2D eigenvalue weighted by atomic mass is 32.2. The van der Waals surface area contributed by atoms with Gasteiger partial charge in [0.15, 0.2) is 0 Å². The van der Waals surface area contributed by atoms with E-state index in [1.165, 1.54) is 0 Å². The van der Waals surface area contributed by atoms with Crippen molar-refractivity contribution in [2.24, 2.45) is 5.73 Å². The Hall–Kier alpha value is -1.60. The third kappa shape index (κ3) is 2.78. The Morgan fingerprint density at radius 2 is 2.25 bits per heavy atom. The summed E-state index contributed by atoms with van der Waals surface area (Å²) in [6.07, 6.45) is 2.33. The van der Waals surface area contributed by atoms with Gasteiger partial charge in [-0.3, -0.25) is 0 Å². The maximum absolute atomic E-state index is 6.25. The normalized spacial score (nSPS) is 16.1. The number of methoxy groups -OCH3 is 1. The van der Waals surface area contributed by atoms with Gasteiger partial charge in [-0.1, -0.05) is 30.0 Å². The van der Waals surface area contributed by atoms with Gasteiger partial charge in [-0.25, -0.2) is 4.68 Å². The summed E-state index contributed by atoms with van der Waals surface area (Å²) in [6.45, 7) is 0. The molecule has 1 aliphatic carbocycles. The Balaban J connectivity index is 1.66. The zero-order valence-electron chi connectivity index (χ0n) is 11.3. The number of thioether (sulfide) groups is 1. The molecule has 7 heteroatoms. The van der Waals surface area contributed by atoms with E-state index < -0.39 is 0 Å². The fourth-order valence-electron chi connectivity index (χ4n) is 2.06. The molecule has 1 saturated carbocycles. The molecule has 1 fully saturated rings. The van der Waals surface area contributed by atoms with Gasteiger partial charge >= 0.3 is 0 Å². The molecule has 0 saturated heterocycles. The van der Waals surface area contributed by atoms with Crippen LogP contribution in [0.4, 0.5) is 0 Å². The minimum atomic E-state index is -0.111. The van der Waals surface area contributed by atoms with Crippen molar-refractivity contribution in [1.29, 1.82) is 0 Å². The van der Waals surface area contributed by atoms with Crippen molar-refractivity contribution in [2.75, 3.05) is 12.9 Å². The quantitative estimate of drug-likeness (QED) is 0.818. The van der Waals surface area contributed by atoms with Gasteiger partial charge < -0.3 is 10.5 Å². The van der Waals surface area contributed by atoms with Crippen molar-refractivity contribution in [3.05, 3.63) is 29.8 Å². The molecule has 1 aliphatic rings. The smallest absolute Gasteiger partial charge is 0.209 e. The maximum atomic E-state index is 6.25. The third-order valence-corrected chi connectivity index (χ3v) is 4.34. The van der Waals surface area contributed by atoms with Crippen LogP contribution in [-0.2, 0) is 0 Å². The highest BCUT2D eigenvalue weighted by molar-refractivity contribution is 7.99. The van der Waals surface area contributed by atoms with Gasteiger partial charge in [-0.15, -0.1) is 5.10 Å². The van der Waals surface area contributed by atoms with E-state index in [4.69, 9.17) is 10.5 Å². The fraction of sp³-hybridized carbons (Fsp3) is 0.462. The van der Waals surface area contributed by atoms with E-state index in [9.17, 15) is 0 Å². The van der Waals surface area contributed by atoms with Crippen molar-refractivity contribution in [1.82, 2.24) is 20.2 Å². The van der Waals surface area contributed by atoms with Crippen LogP contribution in [0.25, 0.3) is 0 Å². The molecule has 2 aromatic rings. The number of tetrazole rings is 1. The number of hydrogen-bond acceptors (Lipinski definition) is 6. The molecule has 3 rings (SSSR count). The molecule has 0 radical (unpaired) electrons. The van der Waals surface area contributed by atoms with E-state index >= 15 is 0 Å². The molecule has 1 atom stereocenters. The number of hydrogen-bond donors (Lipinski definition) is 1. The van der Waals surface area contributed by atoms with Gasteiger partial charge in [0, 0.05) is 17.4 Å². The van der Waals surface area contributed by atoms with Crippen molar-refractivity contribution in [2.45, 2.75) is 30.1 Å². The second-order valence-electron chi connectivity index (χ2n) is 4.80. The van der Waals surface area contributed by atoms with Crippen molar-refractivity contribution in [3.63, 3.8) is 0 Å². The van der Waals surface area contributed by atoms with Crippen LogP contribution >= 0.6 is 11.8 Å². The molecule has 106 valence electrons. The van der Waals surface area contributed by atoms with E-state index in [0.717, 1.165) is 29.3 Å². The predicted octanol–water partition coefficient (Wildman–Crippen LogP) is 1.81. The molecule has 1 heterocycles. The molecular weight excluding hydrogens is 274 g/mol. The van der Waals surface area contributed by atoms with Crippen LogP contribution in [0.5, 0.6) is 5.75 Å². The highest BCUT2D eigenvalue weighted by Crippen LogP contribution is 2.37. The summed E-state index contributed by atoms with van der Waals surface area (Å²) in [5, 5.41) is 12.7. The number of rotatable bonds is 6. The lowest BCUT2D eigenvalue weighted by molar-refractivity contribution is 0.407. The Kier molecular flexibility index (Phi) is 3.88. The van der Waals surface area contributed by atoms with Gasteiger partial charge in [0.25, 0.3) is 0 Å². The Labute approximate surface area is 121 Å². The van der Waals surface area contributed by atoms with Gasteiger partial charge in [0.2, 0.25) is 5.16 Å². The average molecular weight is 291 g/mol. The van der Waals surface area contributed by atoms with Crippen LogP contribution in [0.2, 0.25) is 0 Å². The molecule has 1 aromatic heterocycles. The molecule has 2 N–H and O–H groups in total. The van der Waals surface area contributed by atoms with Gasteiger partial charge in [-0.05, 0) is 29.3 Å². The molecule has 1 unspecified atom stereocenters. The molecule has 20 heavy (non-hydrogen) atoms. The van der Waals surface area contributed by atoms with Crippen LogP contribution in [0.1, 0.15) is 30.5 Å². The summed E-state index contributed by atoms with van der Waals surface area (Å²) in [7, 11) is 1.66. The lowest BCUT2D eigenvalue weighted by Gasteiger charge is -2.14. The molecule has 0 aliphatic heterocycles. The largest absolute Gasteiger partial charge is 0.496 e. The van der Waals surface area contributed by atoms with Crippen LogP contribution in [-0.4, -0.2) is 33.1 Å². The molecule has 6 nitrogen and oxygen atoms in total. The first-order chi connectivity index (χ1) is 9.79. The molecular formula is C13H17N5OS. The Bertz CT molecular complexity index is 584. The van der Waals surface area contributed by atoms with E-state index in [1.54, 1.807) is 18.9 Å². The first kappa shape index (κ1) is 13.4. The summed E-state index contributed by atoms with van der Waals surface area (Å²) in [4.78, 5) is 0. The van der Waals surface area contributed by atoms with Crippen LogP contribution < -0.4 is 10.5 Å². The van der Waals surface area contributed by atoms with E-state index in [0.29, 0.717) is 11.8 Å². The Morgan fingerprint density at radius 3 is 3.00 bits per heavy atom. The number of benzene rings is 1. The van der Waals surface area contributed by atoms with Crippen LogP contribution in [0.15, 0.2) is 29.4 Å². The van der Waals surface area contributed by atoms with E-state index in [1.807, 2.05) is 28.9 Å². The van der Waals surface area contributed by atoms with E-state index in [-0.39, 0.29) is 6.04 Å². The lowest BCUT2D eigenvalue weighted by Crippen LogP contribution is -2.14. The van der Waals surface area contributed by atoms with Crippen molar-refractivity contribution in [3.8, 4) is 5.75 Å². The predicted molar refractivity (Wildman–Crippen MR) is 76.7 cm³/mol. The second-order valence-corrected chi connectivity index (χ2v) is 5.78. The van der Waals surface area contributed by atoms with E-state index in [2.05, 4.69) is 15.5 Å². The zero-order valence-corrected chi connectivity index (χ0v) is 12.1. The fourth-order valence-corrected chi connectivity index (χ4v) is 2.98. The lowest BCUT2D eigenvalue weighted by atomic mass is 10.1. The summed E-state index contributed by atoms with van der Waals surface area (Å²) in [6, 6.07) is 8.20. The highest BCUT2D eigenvalue weighted by Gasteiger charge is 2.28. The minimum absolute atomic E-state index is 0.111. The van der Waals surface area contributed by atoms with Gasteiger partial charge in [-0.2, -0.15) is 0 Å². The van der Waals surface area contributed by atoms with Gasteiger partial charge in [0.1, 0.15) is 5.75 Å². The second kappa shape index (κ2) is 5.80. The molecule has 0 amide bonds. The summed E-state index contributed by atoms with van der Waals surface area (Å²) < 4.78 is 7.24. The molecule has 0 spiro atoms. The SMILES string of the molecule is COc1ccccc1C(N)CSc1nnnn1C1CC1. The summed E-state index contributed by atoms with van der Waals surface area (Å²) in [5.74, 6) is 1.54. The topological polar surface area (TPSA) is 78.8 Å².